The summed E-state index contributed by atoms with van der Waals surface area (Å²) < 4.78 is 22.7. The Bertz CT molecular complexity index is 273. The first-order valence-electron chi connectivity index (χ1n) is 5.16. The zero-order valence-electron chi connectivity index (χ0n) is 8.94. The predicted molar refractivity (Wildman–Crippen MR) is 58.0 cm³/mol. The Labute approximate surface area is 86.4 Å². The number of sulfone groups is 1. The van der Waals surface area contributed by atoms with Crippen LogP contribution in [0.2, 0.25) is 0 Å². The number of nitrogens with zero attached hydrogens (tertiary/aromatic N) is 1. The van der Waals surface area contributed by atoms with E-state index in [9.17, 15) is 8.42 Å². The first-order valence-corrected chi connectivity index (χ1v) is 6.98. The van der Waals surface area contributed by atoms with Crippen LogP contribution in [-0.4, -0.2) is 50.0 Å². The van der Waals surface area contributed by atoms with Crippen LogP contribution >= 0.6 is 0 Å². The average Bonchev–Trinajstić information content (AvgIpc) is 2.09. The van der Waals surface area contributed by atoms with Gasteiger partial charge in [-0.05, 0) is 13.3 Å². The molecular weight excluding hydrogens is 200 g/mol. The molecule has 5 heteroatoms. The molecule has 1 rings (SSSR count). The van der Waals surface area contributed by atoms with Gasteiger partial charge in [0.25, 0.3) is 0 Å². The van der Waals surface area contributed by atoms with E-state index in [1.165, 1.54) is 0 Å². The van der Waals surface area contributed by atoms with E-state index < -0.39 is 9.84 Å². The Morgan fingerprint density at radius 1 is 1.57 bits per heavy atom. The number of nitrogens with two attached hydrogens (primary N) is 1. The van der Waals surface area contributed by atoms with Crippen LogP contribution in [0.15, 0.2) is 0 Å². The second-order valence-corrected chi connectivity index (χ2v) is 6.23. The molecule has 1 aliphatic heterocycles. The van der Waals surface area contributed by atoms with Crippen molar-refractivity contribution in [3.63, 3.8) is 0 Å². The molecule has 1 fully saturated rings. The lowest BCUT2D eigenvalue weighted by atomic mass is 10.1. The molecule has 1 aliphatic rings. The van der Waals surface area contributed by atoms with E-state index >= 15 is 0 Å². The van der Waals surface area contributed by atoms with Crippen LogP contribution in [0.1, 0.15) is 20.3 Å². The minimum Gasteiger partial charge on any atom is -0.329 e. The van der Waals surface area contributed by atoms with E-state index in [1.807, 2.05) is 6.92 Å². The van der Waals surface area contributed by atoms with Crippen molar-refractivity contribution in [2.75, 3.05) is 24.6 Å². The highest BCUT2D eigenvalue weighted by atomic mass is 32.2. The second kappa shape index (κ2) is 4.59. The largest absolute Gasteiger partial charge is 0.329 e. The van der Waals surface area contributed by atoms with Gasteiger partial charge in [0.2, 0.25) is 0 Å². The van der Waals surface area contributed by atoms with Crippen molar-refractivity contribution in [1.82, 2.24) is 4.90 Å². The third kappa shape index (κ3) is 2.68. The Morgan fingerprint density at radius 2 is 2.21 bits per heavy atom. The lowest BCUT2D eigenvalue weighted by Crippen LogP contribution is -2.53. The average molecular weight is 220 g/mol. The zero-order chi connectivity index (χ0) is 10.8. The van der Waals surface area contributed by atoms with Crippen LogP contribution in [0.3, 0.4) is 0 Å². The van der Waals surface area contributed by atoms with E-state index in [2.05, 4.69) is 11.8 Å². The van der Waals surface area contributed by atoms with Crippen LogP contribution in [0.5, 0.6) is 0 Å². The normalized spacial score (nSPS) is 30.1. The van der Waals surface area contributed by atoms with Crippen molar-refractivity contribution >= 4 is 9.84 Å². The lowest BCUT2D eigenvalue weighted by molar-refractivity contribution is 0.157. The van der Waals surface area contributed by atoms with Crippen LogP contribution in [0.4, 0.5) is 0 Å². The molecule has 0 saturated carbocycles. The Hall–Kier alpha value is -0.130. The first-order chi connectivity index (χ1) is 6.50. The lowest BCUT2D eigenvalue weighted by Gasteiger charge is -2.38. The molecule has 0 spiro atoms. The summed E-state index contributed by atoms with van der Waals surface area (Å²) in [5.41, 5.74) is 5.65. The predicted octanol–water partition coefficient (Wildman–Crippen LogP) is -0.157. The van der Waals surface area contributed by atoms with E-state index in [1.54, 1.807) is 0 Å². The number of rotatable bonds is 3. The SMILES string of the molecule is CCC(CN)N1CCS(=O)(=O)CC1C. The van der Waals surface area contributed by atoms with Crippen molar-refractivity contribution in [1.29, 1.82) is 0 Å². The summed E-state index contributed by atoms with van der Waals surface area (Å²) in [7, 11) is -2.80. The molecule has 2 N–H and O–H groups in total. The second-order valence-electron chi connectivity index (χ2n) is 4.00. The van der Waals surface area contributed by atoms with Gasteiger partial charge in [-0.3, -0.25) is 4.90 Å². The minimum absolute atomic E-state index is 0.113. The summed E-state index contributed by atoms with van der Waals surface area (Å²) in [5, 5.41) is 0. The van der Waals surface area contributed by atoms with E-state index in [0.29, 0.717) is 19.1 Å². The van der Waals surface area contributed by atoms with Gasteiger partial charge in [0.15, 0.2) is 9.84 Å². The minimum atomic E-state index is -2.80. The van der Waals surface area contributed by atoms with Gasteiger partial charge in [-0.15, -0.1) is 0 Å². The quantitative estimate of drug-likeness (QED) is 0.718. The van der Waals surface area contributed by atoms with Gasteiger partial charge in [-0.25, -0.2) is 8.42 Å². The highest BCUT2D eigenvalue weighted by molar-refractivity contribution is 7.91. The van der Waals surface area contributed by atoms with Crippen LogP contribution < -0.4 is 5.73 Å². The van der Waals surface area contributed by atoms with Gasteiger partial charge in [0.05, 0.1) is 11.5 Å². The summed E-state index contributed by atoms with van der Waals surface area (Å²) in [6.07, 6.45) is 0.987. The monoisotopic (exact) mass is 220 g/mol. The van der Waals surface area contributed by atoms with Crippen LogP contribution in [0.25, 0.3) is 0 Å². The fraction of sp³-hybridized carbons (Fsp3) is 1.00. The number of hydrogen-bond donors (Lipinski definition) is 1. The maximum Gasteiger partial charge on any atom is 0.153 e. The molecule has 2 unspecified atom stereocenters. The molecule has 0 amide bonds. The number of hydrogen-bond acceptors (Lipinski definition) is 4. The van der Waals surface area contributed by atoms with Gasteiger partial charge in [-0.1, -0.05) is 6.92 Å². The molecule has 1 saturated heterocycles. The van der Waals surface area contributed by atoms with Gasteiger partial charge < -0.3 is 5.73 Å². The molecule has 0 bridgehead atoms. The van der Waals surface area contributed by atoms with Crippen molar-refractivity contribution in [2.24, 2.45) is 5.73 Å². The van der Waals surface area contributed by atoms with Crippen molar-refractivity contribution in [2.45, 2.75) is 32.4 Å². The fourth-order valence-corrected chi connectivity index (χ4v) is 3.67. The topological polar surface area (TPSA) is 63.4 Å². The third-order valence-electron chi connectivity index (χ3n) is 2.93. The Morgan fingerprint density at radius 3 is 2.64 bits per heavy atom. The highest BCUT2D eigenvalue weighted by Gasteiger charge is 2.31. The van der Waals surface area contributed by atoms with Gasteiger partial charge in [0, 0.05) is 25.2 Å². The third-order valence-corrected chi connectivity index (χ3v) is 4.73. The van der Waals surface area contributed by atoms with E-state index in [4.69, 9.17) is 5.73 Å². The smallest absolute Gasteiger partial charge is 0.153 e. The maximum atomic E-state index is 11.3. The Balaban J connectivity index is 2.66. The summed E-state index contributed by atoms with van der Waals surface area (Å²) in [6, 6.07) is 0.447. The van der Waals surface area contributed by atoms with Gasteiger partial charge in [-0.2, -0.15) is 0 Å². The molecule has 84 valence electrons. The maximum absolute atomic E-state index is 11.3. The molecule has 0 aliphatic carbocycles. The van der Waals surface area contributed by atoms with E-state index in [-0.39, 0.29) is 17.5 Å². The van der Waals surface area contributed by atoms with Gasteiger partial charge in [0.1, 0.15) is 0 Å². The van der Waals surface area contributed by atoms with Crippen LogP contribution in [0, 0.1) is 0 Å². The highest BCUT2D eigenvalue weighted by Crippen LogP contribution is 2.15. The fourth-order valence-electron chi connectivity index (χ4n) is 2.09. The summed E-state index contributed by atoms with van der Waals surface area (Å²) in [4.78, 5) is 2.22. The molecule has 1 heterocycles. The van der Waals surface area contributed by atoms with Crippen molar-refractivity contribution in [3.05, 3.63) is 0 Å². The molecule has 0 aromatic heterocycles. The molecule has 2 atom stereocenters. The molecular formula is C9H20N2O2S. The summed E-state index contributed by atoms with van der Waals surface area (Å²) in [5.74, 6) is 0.567. The zero-order valence-corrected chi connectivity index (χ0v) is 9.76. The first kappa shape index (κ1) is 11.9. The standard InChI is InChI=1S/C9H20N2O2S/c1-3-9(6-10)11-4-5-14(12,13)7-8(11)2/h8-9H,3-7,10H2,1-2H3. The molecule has 14 heavy (non-hydrogen) atoms. The molecule has 0 aromatic rings. The molecule has 0 radical (unpaired) electrons. The Kier molecular flexibility index (Phi) is 3.92. The van der Waals surface area contributed by atoms with Crippen molar-refractivity contribution < 1.29 is 8.42 Å². The molecule has 4 nitrogen and oxygen atoms in total. The van der Waals surface area contributed by atoms with Crippen LogP contribution in [-0.2, 0) is 9.84 Å². The summed E-state index contributed by atoms with van der Waals surface area (Å²) in [6.45, 7) is 5.31. The van der Waals surface area contributed by atoms with Crippen molar-refractivity contribution in [3.8, 4) is 0 Å². The summed E-state index contributed by atoms with van der Waals surface area (Å²) >= 11 is 0. The van der Waals surface area contributed by atoms with Gasteiger partial charge >= 0.3 is 0 Å². The van der Waals surface area contributed by atoms with E-state index in [0.717, 1.165) is 6.42 Å². The molecule has 0 aromatic carbocycles.